The number of hydrogen-bond donors (Lipinski definition) is 1. The monoisotopic (exact) mass is 560 g/mol. The number of nitrogens with zero attached hydrogens (tertiary/aromatic N) is 3. The predicted octanol–water partition coefficient (Wildman–Crippen LogP) is 7.43. The van der Waals surface area contributed by atoms with Gasteiger partial charge in [-0.25, -0.2) is 4.68 Å². The highest BCUT2D eigenvalue weighted by Gasteiger charge is 2.18. The van der Waals surface area contributed by atoms with E-state index in [1.165, 1.54) is 24.0 Å². The summed E-state index contributed by atoms with van der Waals surface area (Å²) in [5.74, 6) is 1.73. The Kier molecular flexibility index (Phi) is 8.17. The van der Waals surface area contributed by atoms with Crippen LogP contribution in [0.25, 0.3) is 28.3 Å². The molecule has 1 aliphatic carbocycles. The maximum absolute atomic E-state index is 13.1. The van der Waals surface area contributed by atoms with E-state index in [9.17, 15) is 4.79 Å². The van der Waals surface area contributed by atoms with Crippen molar-refractivity contribution in [1.29, 1.82) is 0 Å². The third-order valence-corrected chi connectivity index (χ3v) is 7.72. The van der Waals surface area contributed by atoms with Crippen molar-refractivity contribution in [2.45, 2.75) is 52.5 Å². The summed E-state index contributed by atoms with van der Waals surface area (Å²) in [5, 5.41) is 12.0. The number of carbonyl (C=O) groups is 1. The lowest BCUT2D eigenvalue weighted by atomic mass is 9.90. The van der Waals surface area contributed by atoms with Crippen molar-refractivity contribution < 1.29 is 14.1 Å². The molecule has 7 heteroatoms. The molecule has 1 amide bonds. The van der Waals surface area contributed by atoms with Crippen LogP contribution in [0.2, 0.25) is 0 Å². The second kappa shape index (κ2) is 12.5. The van der Waals surface area contributed by atoms with E-state index in [1.807, 2.05) is 65.5 Å². The fraction of sp³-hybridized carbons (Fsp3) is 0.286. The molecule has 3 aromatic carbocycles. The van der Waals surface area contributed by atoms with Crippen LogP contribution in [0.1, 0.15) is 60.3 Å². The average molecular weight is 561 g/mol. The zero-order valence-electron chi connectivity index (χ0n) is 24.2. The van der Waals surface area contributed by atoms with Crippen LogP contribution in [0.3, 0.4) is 0 Å². The van der Waals surface area contributed by atoms with Crippen molar-refractivity contribution in [3.63, 3.8) is 0 Å². The van der Waals surface area contributed by atoms with Gasteiger partial charge < -0.3 is 14.6 Å². The van der Waals surface area contributed by atoms with Gasteiger partial charge in [-0.2, -0.15) is 5.10 Å². The molecule has 6 rings (SSSR count). The lowest BCUT2D eigenvalue weighted by Gasteiger charge is -2.15. The standard InChI is InChI=1S/C35H36N4O3/c1-24(2)18-19-41-31-16-14-26(15-17-31)34-29(23-39(37-34)30-10-4-3-5-11-30)22-36-35(40)32-21-33(42-38-32)28-13-12-25-8-6-7-9-27(25)20-28/h3-5,10-17,20-21,23-24H,6-9,18-19,22H2,1-2H3,(H,36,40). The number of para-hydroxylation sites is 1. The van der Waals surface area contributed by atoms with Crippen LogP contribution in [-0.4, -0.2) is 27.5 Å². The summed E-state index contributed by atoms with van der Waals surface area (Å²) in [6, 6.07) is 26.0. The molecule has 2 heterocycles. The van der Waals surface area contributed by atoms with Crippen LogP contribution >= 0.6 is 0 Å². The van der Waals surface area contributed by atoms with Gasteiger partial charge in [0.2, 0.25) is 0 Å². The van der Waals surface area contributed by atoms with Gasteiger partial charge in [0.25, 0.3) is 5.91 Å². The number of nitrogens with one attached hydrogen (secondary N) is 1. The smallest absolute Gasteiger partial charge is 0.273 e. The summed E-state index contributed by atoms with van der Waals surface area (Å²) in [7, 11) is 0. The summed E-state index contributed by atoms with van der Waals surface area (Å²) in [4.78, 5) is 13.1. The number of rotatable bonds is 10. The summed E-state index contributed by atoms with van der Waals surface area (Å²) >= 11 is 0. The molecule has 7 nitrogen and oxygen atoms in total. The molecule has 1 N–H and O–H groups in total. The Hall–Kier alpha value is -4.65. The Bertz CT molecular complexity index is 1650. The molecule has 1 aliphatic rings. The third-order valence-electron chi connectivity index (χ3n) is 7.72. The van der Waals surface area contributed by atoms with Gasteiger partial charge in [-0.1, -0.05) is 49.3 Å². The van der Waals surface area contributed by atoms with Crippen molar-refractivity contribution in [2.24, 2.45) is 5.92 Å². The largest absolute Gasteiger partial charge is 0.494 e. The zero-order valence-corrected chi connectivity index (χ0v) is 24.2. The van der Waals surface area contributed by atoms with E-state index in [2.05, 4.69) is 42.5 Å². The molecule has 0 bridgehead atoms. The first-order valence-corrected chi connectivity index (χ1v) is 14.8. The zero-order chi connectivity index (χ0) is 28.9. The molecular formula is C35H36N4O3. The van der Waals surface area contributed by atoms with E-state index in [0.717, 1.165) is 53.1 Å². The number of hydrogen-bond acceptors (Lipinski definition) is 5. The van der Waals surface area contributed by atoms with Crippen molar-refractivity contribution in [3.8, 4) is 34.0 Å². The van der Waals surface area contributed by atoms with Gasteiger partial charge in [0, 0.05) is 35.5 Å². The molecule has 0 radical (unpaired) electrons. The first-order chi connectivity index (χ1) is 20.5. The molecule has 0 unspecified atom stereocenters. The topological polar surface area (TPSA) is 82.2 Å². The number of aromatic nitrogens is 3. The Morgan fingerprint density at radius 2 is 1.71 bits per heavy atom. The summed E-state index contributed by atoms with van der Waals surface area (Å²) < 4.78 is 13.3. The Morgan fingerprint density at radius 1 is 0.952 bits per heavy atom. The van der Waals surface area contributed by atoms with E-state index < -0.39 is 0 Å². The van der Waals surface area contributed by atoms with E-state index in [1.54, 1.807) is 6.07 Å². The molecule has 0 fully saturated rings. The minimum Gasteiger partial charge on any atom is -0.494 e. The maximum atomic E-state index is 13.1. The number of ether oxygens (including phenoxy) is 1. The summed E-state index contributed by atoms with van der Waals surface area (Å²) in [6.45, 7) is 5.35. The summed E-state index contributed by atoms with van der Waals surface area (Å²) in [5.41, 5.74) is 7.54. The van der Waals surface area contributed by atoms with E-state index in [4.69, 9.17) is 14.4 Å². The van der Waals surface area contributed by atoms with Crippen molar-refractivity contribution in [3.05, 3.63) is 107 Å². The molecule has 2 aromatic heterocycles. The van der Waals surface area contributed by atoms with Gasteiger partial charge in [0.15, 0.2) is 11.5 Å². The lowest BCUT2D eigenvalue weighted by molar-refractivity contribution is 0.0942. The number of benzene rings is 3. The Balaban J connectivity index is 1.19. The van der Waals surface area contributed by atoms with Crippen LogP contribution in [0.5, 0.6) is 5.75 Å². The van der Waals surface area contributed by atoms with E-state index in [-0.39, 0.29) is 18.1 Å². The van der Waals surface area contributed by atoms with Gasteiger partial charge in [-0.05, 0) is 91.6 Å². The lowest BCUT2D eigenvalue weighted by Crippen LogP contribution is -2.23. The second-order valence-corrected chi connectivity index (χ2v) is 11.3. The van der Waals surface area contributed by atoms with E-state index in [0.29, 0.717) is 18.3 Å². The number of carbonyl (C=O) groups excluding carboxylic acids is 1. The Morgan fingerprint density at radius 3 is 2.50 bits per heavy atom. The van der Waals surface area contributed by atoms with E-state index >= 15 is 0 Å². The molecule has 0 saturated heterocycles. The quantitative estimate of drug-likeness (QED) is 0.192. The highest BCUT2D eigenvalue weighted by Crippen LogP contribution is 2.29. The van der Waals surface area contributed by atoms with Crippen LogP contribution in [-0.2, 0) is 19.4 Å². The second-order valence-electron chi connectivity index (χ2n) is 11.3. The van der Waals surface area contributed by atoms with Gasteiger partial charge in [0.1, 0.15) is 5.75 Å². The minimum absolute atomic E-state index is 0.252. The normalized spacial score (nSPS) is 12.7. The average Bonchev–Trinajstić information content (AvgIpc) is 3.69. The van der Waals surface area contributed by atoms with Crippen LogP contribution in [0, 0.1) is 5.92 Å². The van der Waals surface area contributed by atoms with Crippen molar-refractivity contribution in [2.75, 3.05) is 6.61 Å². The number of aryl methyl sites for hydroxylation is 2. The molecule has 0 spiro atoms. The van der Waals surface area contributed by atoms with Gasteiger partial charge in [-0.3, -0.25) is 4.79 Å². The van der Waals surface area contributed by atoms with Crippen LogP contribution < -0.4 is 10.1 Å². The molecule has 0 saturated carbocycles. The predicted molar refractivity (Wildman–Crippen MR) is 164 cm³/mol. The SMILES string of the molecule is CC(C)CCOc1ccc(-c2nn(-c3ccccc3)cc2CNC(=O)c2cc(-c3ccc4c(c3)CCCC4)on2)cc1. The fourth-order valence-corrected chi connectivity index (χ4v) is 5.29. The Labute approximate surface area is 246 Å². The molecule has 42 heavy (non-hydrogen) atoms. The minimum atomic E-state index is -0.296. The highest BCUT2D eigenvalue weighted by molar-refractivity contribution is 5.93. The molecule has 0 atom stereocenters. The summed E-state index contributed by atoms with van der Waals surface area (Å²) in [6.07, 6.45) is 7.62. The first kappa shape index (κ1) is 27.5. The molecule has 5 aromatic rings. The third kappa shape index (κ3) is 6.30. The molecular weight excluding hydrogens is 524 g/mol. The van der Waals surface area contributed by atoms with Gasteiger partial charge in [-0.15, -0.1) is 0 Å². The van der Waals surface area contributed by atoms with Crippen LogP contribution in [0.15, 0.2) is 89.6 Å². The molecule has 214 valence electrons. The number of fused-ring (bicyclic) bond motifs is 1. The fourth-order valence-electron chi connectivity index (χ4n) is 5.29. The first-order valence-electron chi connectivity index (χ1n) is 14.8. The number of amides is 1. The maximum Gasteiger partial charge on any atom is 0.273 e. The van der Waals surface area contributed by atoms with Crippen molar-refractivity contribution >= 4 is 5.91 Å². The highest BCUT2D eigenvalue weighted by atomic mass is 16.5. The van der Waals surface area contributed by atoms with Gasteiger partial charge >= 0.3 is 0 Å². The molecule has 0 aliphatic heterocycles. The van der Waals surface area contributed by atoms with Gasteiger partial charge in [0.05, 0.1) is 18.0 Å². The van der Waals surface area contributed by atoms with Crippen molar-refractivity contribution in [1.82, 2.24) is 20.3 Å². The van der Waals surface area contributed by atoms with Crippen LogP contribution in [0.4, 0.5) is 0 Å².